The molecule has 4 heterocycles. The van der Waals surface area contributed by atoms with E-state index >= 15 is 0 Å². The van der Waals surface area contributed by atoms with Crippen molar-refractivity contribution < 1.29 is 9.53 Å². The molecule has 1 aromatic carbocycles. The Balaban J connectivity index is 1.65. The van der Waals surface area contributed by atoms with Gasteiger partial charge in [0.2, 0.25) is 5.88 Å². The number of aryl methyl sites for hydroxylation is 1. The van der Waals surface area contributed by atoms with Crippen molar-refractivity contribution >= 4 is 23.3 Å². The average molecular weight is 417 g/mol. The van der Waals surface area contributed by atoms with Crippen molar-refractivity contribution in [3.63, 3.8) is 0 Å². The lowest BCUT2D eigenvalue weighted by Crippen LogP contribution is -2.22. The number of aldehydes is 1. The smallest absolute Gasteiger partial charge is 0.254 e. The topological polar surface area (TPSA) is 91.0 Å². The molecule has 1 unspecified atom stereocenters. The number of methoxy groups -OCH3 is 1. The molecule has 1 saturated heterocycles. The molecule has 1 aliphatic heterocycles. The van der Waals surface area contributed by atoms with E-state index in [9.17, 15) is 4.79 Å². The van der Waals surface area contributed by atoms with Gasteiger partial charge in [-0.25, -0.2) is 9.67 Å². The Bertz CT molecular complexity index is 1230. The van der Waals surface area contributed by atoms with E-state index in [0.717, 1.165) is 53.9 Å². The molecule has 0 radical (unpaired) electrons. The number of fused-ring (bicyclic) bond motifs is 1. The van der Waals surface area contributed by atoms with Gasteiger partial charge in [-0.1, -0.05) is 30.3 Å². The second-order valence-electron chi connectivity index (χ2n) is 7.54. The molecule has 1 fully saturated rings. The number of carbonyl (C=O) groups excluding carboxylic acids is 1. The maximum absolute atomic E-state index is 11.3. The van der Waals surface area contributed by atoms with Crippen LogP contribution >= 0.6 is 0 Å². The fourth-order valence-corrected chi connectivity index (χ4v) is 3.99. The summed E-state index contributed by atoms with van der Waals surface area (Å²) in [5.74, 6) is 1.68. The minimum atomic E-state index is 0.0104. The van der Waals surface area contributed by atoms with Crippen LogP contribution in [-0.4, -0.2) is 55.8 Å². The molecule has 1 aliphatic rings. The minimum Gasteiger partial charge on any atom is -0.479 e. The number of benzene rings is 1. The first-order chi connectivity index (χ1) is 15.2. The standard InChI is InChI=1S/C22H23N7O2/c1-3-27-14-23-18-19(27)24-22(25-20(18)28-10-9-15(11-28)13-30)29-12-17(21(26-29)31-2)16-7-5-4-6-8-16/h4-8,12-15H,3,9-11H2,1-2H3. The third-order valence-electron chi connectivity index (χ3n) is 5.65. The molecular weight excluding hydrogens is 394 g/mol. The first-order valence-corrected chi connectivity index (χ1v) is 10.3. The van der Waals surface area contributed by atoms with Crippen LogP contribution < -0.4 is 9.64 Å². The largest absolute Gasteiger partial charge is 0.479 e. The number of ether oxygens (including phenoxy) is 1. The Morgan fingerprint density at radius 3 is 2.77 bits per heavy atom. The van der Waals surface area contributed by atoms with Crippen LogP contribution in [0.1, 0.15) is 13.3 Å². The maximum Gasteiger partial charge on any atom is 0.254 e. The molecule has 0 saturated carbocycles. The molecule has 0 spiro atoms. The van der Waals surface area contributed by atoms with Gasteiger partial charge in [-0.3, -0.25) is 0 Å². The van der Waals surface area contributed by atoms with E-state index in [1.54, 1.807) is 18.1 Å². The third-order valence-corrected chi connectivity index (χ3v) is 5.65. The fourth-order valence-electron chi connectivity index (χ4n) is 3.99. The van der Waals surface area contributed by atoms with Gasteiger partial charge in [0.1, 0.15) is 6.29 Å². The van der Waals surface area contributed by atoms with Crippen LogP contribution in [0.4, 0.5) is 5.82 Å². The monoisotopic (exact) mass is 417 g/mol. The number of rotatable bonds is 6. The summed E-state index contributed by atoms with van der Waals surface area (Å²) in [4.78, 5) is 27.5. The molecule has 1 atom stereocenters. The lowest BCUT2D eigenvalue weighted by atomic mass is 10.1. The molecule has 3 aromatic heterocycles. The maximum atomic E-state index is 11.3. The van der Waals surface area contributed by atoms with E-state index in [4.69, 9.17) is 14.7 Å². The Morgan fingerprint density at radius 1 is 1.23 bits per heavy atom. The van der Waals surface area contributed by atoms with Crippen molar-refractivity contribution in [2.45, 2.75) is 19.9 Å². The highest BCUT2D eigenvalue weighted by atomic mass is 16.5. The molecule has 4 aromatic rings. The summed E-state index contributed by atoms with van der Waals surface area (Å²) < 4.78 is 9.15. The number of carbonyl (C=O) groups is 1. The highest BCUT2D eigenvalue weighted by molar-refractivity contribution is 5.85. The van der Waals surface area contributed by atoms with Gasteiger partial charge in [0.15, 0.2) is 17.0 Å². The summed E-state index contributed by atoms with van der Waals surface area (Å²) in [7, 11) is 1.60. The highest BCUT2D eigenvalue weighted by Gasteiger charge is 2.27. The SMILES string of the molecule is CCn1cnc2c(N3CCC(C=O)C3)nc(-n3cc(-c4ccccc4)c(OC)n3)nc21. The molecule has 31 heavy (non-hydrogen) atoms. The zero-order valence-corrected chi connectivity index (χ0v) is 17.5. The zero-order valence-electron chi connectivity index (χ0n) is 17.5. The first kappa shape index (κ1) is 19.2. The van der Waals surface area contributed by atoms with E-state index in [2.05, 4.69) is 15.0 Å². The van der Waals surface area contributed by atoms with Crippen LogP contribution in [0.15, 0.2) is 42.9 Å². The normalized spacial score (nSPS) is 16.2. The number of imidazole rings is 1. The van der Waals surface area contributed by atoms with Crippen LogP contribution in [0.2, 0.25) is 0 Å². The highest BCUT2D eigenvalue weighted by Crippen LogP contribution is 2.31. The van der Waals surface area contributed by atoms with Crippen molar-refractivity contribution in [2.75, 3.05) is 25.1 Å². The molecule has 158 valence electrons. The number of anilines is 1. The van der Waals surface area contributed by atoms with Gasteiger partial charge in [-0.15, -0.1) is 5.10 Å². The lowest BCUT2D eigenvalue weighted by Gasteiger charge is -2.17. The Hall–Kier alpha value is -3.75. The van der Waals surface area contributed by atoms with E-state index in [1.807, 2.05) is 48.0 Å². The molecule has 0 N–H and O–H groups in total. The first-order valence-electron chi connectivity index (χ1n) is 10.3. The summed E-state index contributed by atoms with van der Waals surface area (Å²) in [6.45, 7) is 4.17. The third kappa shape index (κ3) is 3.31. The van der Waals surface area contributed by atoms with Crippen LogP contribution in [0, 0.1) is 5.92 Å². The second-order valence-corrected chi connectivity index (χ2v) is 7.54. The molecular formula is C22H23N7O2. The summed E-state index contributed by atoms with van der Waals surface area (Å²) >= 11 is 0. The van der Waals surface area contributed by atoms with E-state index in [1.165, 1.54) is 0 Å². The van der Waals surface area contributed by atoms with Gasteiger partial charge < -0.3 is 19.0 Å². The quantitative estimate of drug-likeness (QED) is 0.446. The molecule has 9 heteroatoms. The average Bonchev–Trinajstić information content (AvgIpc) is 3.56. The predicted octanol–water partition coefficient (Wildman–Crippen LogP) is 2.73. The van der Waals surface area contributed by atoms with Gasteiger partial charge in [0.25, 0.3) is 5.95 Å². The van der Waals surface area contributed by atoms with Crippen LogP contribution in [0.25, 0.3) is 28.2 Å². The number of hydrogen-bond donors (Lipinski definition) is 0. The number of hydrogen-bond acceptors (Lipinski definition) is 7. The lowest BCUT2D eigenvalue weighted by molar-refractivity contribution is -0.110. The van der Waals surface area contributed by atoms with Gasteiger partial charge >= 0.3 is 0 Å². The molecule has 9 nitrogen and oxygen atoms in total. The summed E-state index contributed by atoms with van der Waals surface area (Å²) in [5, 5.41) is 4.59. The number of nitrogens with zero attached hydrogens (tertiary/aromatic N) is 7. The van der Waals surface area contributed by atoms with Crippen LogP contribution in [-0.2, 0) is 11.3 Å². The van der Waals surface area contributed by atoms with Crippen molar-refractivity contribution in [3.8, 4) is 23.0 Å². The van der Waals surface area contributed by atoms with Crippen molar-refractivity contribution in [2.24, 2.45) is 5.92 Å². The van der Waals surface area contributed by atoms with Crippen molar-refractivity contribution in [1.82, 2.24) is 29.3 Å². The van der Waals surface area contributed by atoms with Gasteiger partial charge in [-0.2, -0.15) is 9.97 Å². The molecule has 5 rings (SSSR count). The van der Waals surface area contributed by atoms with Gasteiger partial charge in [0.05, 0.1) is 19.0 Å². The van der Waals surface area contributed by atoms with E-state index in [0.29, 0.717) is 18.4 Å². The van der Waals surface area contributed by atoms with Crippen LogP contribution in [0.3, 0.4) is 0 Å². The molecule has 0 aliphatic carbocycles. The minimum absolute atomic E-state index is 0.0104. The van der Waals surface area contributed by atoms with Gasteiger partial charge in [0, 0.05) is 31.7 Å². The van der Waals surface area contributed by atoms with Gasteiger partial charge in [-0.05, 0) is 18.9 Å². The Kier molecular flexibility index (Phi) is 4.85. The zero-order chi connectivity index (χ0) is 21.4. The summed E-state index contributed by atoms with van der Waals surface area (Å²) in [6.07, 6.45) is 5.49. The Morgan fingerprint density at radius 2 is 2.06 bits per heavy atom. The second kappa shape index (κ2) is 7.82. The fraction of sp³-hybridized carbons (Fsp3) is 0.318. The van der Waals surface area contributed by atoms with Crippen LogP contribution in [0.5, 0.6) is 5.88 Å². The molecule has 0 amide bonds. The summed E-state index contributed by atoms with van der Waals surface area (Å²) in [5.41, 5.74) is 3.34. The predicted molar refractivity (Wildman–Crippen MR) is 116 cm³/mol. The number of aromatic nitrogens is 6. The summed E-state index contributed by atoms with van der Waals surface area (Å²) in [6, 6.07) is 9.94. The molecule has 0 bridgehead atoms. The van der Waals surface area contributed by atoms with Crippen molar-refractivity contribution in [3.05, 3.63) is 42.9 Å². The van der Waals surface area contributed by atoms with Crippen molar-refractivity contribution in [1.29, 1.82) is 0 Å². The van der Waals surface area contributed by atoms with E-state index < -0.39 is 0 Å². The van der Waals surface area contributed by atoms with E-state index in [-0.39, 0.29) is 5.92 Å². The Labute approximate surface area is 179 Å².